The Morgan fingerprint density at radius 3 is 2.57 bits per heavy atom. The van der Waals surface area contributed by atoms with Crippen LogP contribution in [0.25, 0.3) is 0 Å². The van der Waals surface area contributed by atoms with Crippen molar-refractivity contribution in [3.8, 4) is 0 Å². The molecule has 2 aliphatic rings. The van der Waals surface area contributed by atoms with E-state index in [1.54, 1.807) is 0 Å². The van der Waals surface area contributed by atoms with E-state index in [-0.39, 0.29) is 0 Å². The summed E-state index contributed by atoms with van der Waals surface area (Å²) in [5, 5.41) is 3.62. The normalized spacial score (nSPS) is 39.9. The van der Waals surface area contributed by atoms with E-state index in [0.717, 1.165) is 23.9 Å². The van der Waals surface area contributed by atoms with Crippen LogP contribution in [-0.2, 0) is 0 Å². The van der Waals surface area contributed by atoms with Gasteiger partial charge in [0.2, 0.25) is 0 Å². The molecule has 1 N–H and O–H groups in total. The van der Waals surface area contributed by atoms with E-state index in [4.69, 9.17) is 0 Å². The lowest BCUT2D eigenvalue weighted by Gasteiger charge is -2.47. The fraction of sp³-hybridized carbons (Fsp3) is 1.00. The van der Waals surface area contributed by atoms with Gasteiger partial charge in [0.1, 0.15) is 0 Å². The maximum Gasteiger partial charge on any atom is 0.0218 e. The van der Waals surface area contributed by atoms with E-state index < -0.39 is 0 Å². The molecule has 0 bridgehead atoms. The molecule has 0 aromatic rings. The zero-order chi connectivity index (χ0) is 10.1. The third kappa shape index (κ3) is 1.96. The Balaban J connectivity index is 1.87. The van der Waals surface area contributed by atoms with E-state index in [1.165, 1.54) is 32.5 Å². The van der Waals surface area contributed by atoms with Crippen LogP contribution in [0.1, 0.15) is 33.6 Å². The molecule has 2 heteroatoms. The lowest BCUT2D eigenvalue weighted by atomic mass is 9.79. The highest BCUT2D eigenvalue weighted by Crippen LogP contribution is 2.32. The van der Waals surface area contributed by atoms with Crippen molar-refractivity contribution < 1.29 is 0 Å². The Morgan fingerprint density at radius 2 is 2.07 bits per heavy atom. The third-order valence-electron chi connectivity index (χ3n) is 4.09. The summed E-state index contributed by atoms with van der Waals surface area (Å²) in [7, 11) is 0. The van der Waals surface area contributed by atoms with Gasteiger partial charge in [-0.2, -0.15) is 0 Å². The predicted molar refractivity (Wildman–Crippen MR) is 60.4 cm³/mol. The SMILES string of the molecule is CC(C)C1CN(C2CCC2C)CCN1. The first-order valence-corrected chi connectivity index (χ1v) is 6.16. The average molecular weight is 196 g/mol. The van der Waals surface area contributed by atoms with Gasteiger partial charge < -0.3 is 5.32 Å². The molecule has 1 aliphatic carbocycles. The lowest BCUT2D eigenvalue weighted by Crippen LogP contribution is -2.58. The molecule has 0 amide bonds. The van der Waals surface area contributed by atoms with E-state index in [9.17, 15) is 0 Å². The Kier molecular flexibility index (Phi) is 3.13. The maximum atomic E-state index is 3.62. The van der Waals surface area contributed by atoms with Gasteiger partial charge in [0.15, 0.2) is 0 Å². The van der Waals surface area contributed by atoms with Crippen LogP contribution in [0.2, 0.25) is 0 Å². The van der Waals surface area contributed by atoms with Crippen LogP contribution in [-0.4, -0.2) is 36.6 Å². The summed E-state index contributed by atoms with van der Waals surface area (Å²) in [5.74, 6) is 1.72. The van der Waals surface area contributed by atoms with Gasteiger partial charge in [0, 0.05) is 31.7 Å². The zero-order valence-corrected chi connectivity index (χ0v) is 9.79. The first kappa shape index (κ1) is 10.4. The van der Waals surface area contributed by atoms with Crippen LogP contribution in [0.3, 0.4) is 0 Å². The Morgan fingerprint density at radius 1 is 1.29 bits per heavy atom. The van der Waals surface area contributed by atoms with Gasteiger partial charge in [-0.25, -0.2) is 0 Å². The van der Waals surface area contributed by atoms with Gasteiger partial charge in [-0.1, -0.05) is 20.8 Å². The van der Waals surface area contributed by atoms with Gasteiger partial charge in [0.25, 0.3) is 0 Å². The first-order valence-electron chi connectivity index (χ1n) is 6.16. The number of nitrogens with zero attached hydrogens (tertiary/aromatic N) is 1. The highest BCUT2D eigenvalue weighted by Gasteiger charge is 2.34. The van der Waals surface area contributed by atoms with Gasteiger partial charge in [-0.3, -0.25) is 4.90 Å². The second kappa shape index (κ2) is 4.19. The van der Waals surface area contributed by atoms with Crippen molar-refractivity contribution in [2.45, 2.75) is 45.7 Å². The van der Waals surface area contributed by atoms with Crippen molar-refractivity contribution in [1.29, 1.82) is 0 Å². The van der Waals surface area contributed by atoms with Crippen molar-refractivity contribution in [3.63, 3.8) is 0 Å². The van der Waals surface area contributed by atoms with Crippen molar-refractivity contribution in [2.75, 3.05) is 19.6 Å². The van der Waals surface area contributed by atoms with Crippen LogP contribution in [0.4, 0.5) is 0 Å². The molecule has 0 aromatic heterocycles. The summed E-state index contributed by atoms with van der Waals surface area (Å²) in [4.78, 5) is 2.72. The second-order valence-electron chi connectivity index (χ2n) is 5.42. The summed E-state index contributed by atoms with van der Waals surface area (Å²) in [6, 6.07) is 1.62. The molecule has 2 nitrogen and oxygen atoms in total. The number of hydrogen-bond donors (Lipinski definition) is 1. The van der Waals surface area contributed by atoms with E-state index in [1.807, 2.05) is 0 Å². The largest absolute Gasteiger partial charge is 0.311 e. The minimum absolute atomic E-state index is 0.719. The van der Waals surface area contributed by atoms with Crippen LogP contribution in [0.15, 0.2) is 0 Å². The maximum absolute atomic E-state index is 3.62. The molecule has 0 aromatic carbocycles. The summed E-state index contributed by atoms with van der Waals surface area (Å²) in [5.41, 5.74) is 0. The fourth-order valence-corrected chi connectivity index (χ4v) is 2.74. The number of nitrogens with one attached hydrogen (secondary N) is 1. The molecular formula is C12H24N2. The molecule has 14 heavy (non-hydrogen) atoms. The molecule has 0 radical (unpaired) electrons. The quantitative estimate of drug-likeness (QED) is 0.723. The van der Waals surface area contributed by atoms with E-state index >= 15 is 0 Å². The molecule has 1 aliphatic heterocycles. The summed E-state index contributed by atoms with van der Waals surface area (Å²) in [6.45, 7) is 10.8. The molecular weight excluding hydrogens is 172 g/mol. The third-order valence-corrected chi connectivity index (χ3v) is 4.09. The van der Waals surface area contributed by atoms with Crippen molar-refractivity contribution >= 4 is 0 Å². The Hall–Kier alpha value is -0.0800. The van der Waals surface area contributed by atoms with Gasteiger partial charge in [0.05, 0.1) is 0 Å². The second-order valence-corrected chi connectivity index (χ2v) is 5.42. The minimum Gasteiger partial charge on any atom is -0.311 e. The molecule has 3 atom stereocenters. The van der Waals surface area contributed by atoms with Crippen molar-refractivity contribution in [3.05, 3.63) is 0 Å². The standard InChI is InChI=1S/C12H24N2/c1-9(2)11-8-14(7-6-13-11)12-5-4-10(12)3/h9-13H,4-8H2,1-3H3. The minimum atomic E-state index is 0.719. The monoisotopic (exact) mass is 196 g/mol. The summed E-state index contributed by atoms with van der Waals surface area (Å²) < 4.78 is 0. The predicted octanol–water partition coefficient (Wildman–Crippen LogP) is 1.71. The highest BCUT2D eigenvalue weighted by atomic mass is 15.2. The molecule has 2 rings (SSSR count). The molecule has 1 saturated carbocycles. The highest BCUT2D eigenvalue weighted by molar-refractivity contribution is 4.91. The Labute approximate surface area is 88.1 Å². The molecule has 2 fully saturated rings. The number of hydrogen-bond acceptors (Lipinski definition) is 2. The number of rotatable bonds is 2. The molecule has 1 heterocycles. The first-order chi connectivity index (χ1) is 6.68. The fourth-order valence-electron chi connectivity index (χ4n) is 2.74. The van der Waals surface area contributed by atoms with Crippen molar-refractivity contribution in [1.82, 2.24) is 10.2 Å². The molecule has 82 valence electrons. The molecule has 3 unspecified atom stereocenters. The Bertz CT molecular complexity index is 188. The van der Waals surface area contributed by atoms with Crippen LogP contribution >= 0.6 is 0 Å². The zero-order valence-electron chi connectivity index (χ0n) is 9.79. The summed E-state index contributed by atoms with van der Waals surface area (Å²) in [6.07, 6.45) is 2.88. The topological polar surface area (TPSA) is 15.3 Å². The van der Waals surface area contributed by atoms with Crippen LogP contribution in [0, 0.1) is 11.8 Å². The van der Waals surface area contributed by atoms with Gasteiger partial charge in [-0.15, -0.1) is 0 Å². The van der Waals surface area contributed by atoms with Gasteiger partial charge in [-0.05, 0) is 24.7 Å². The number of piperazine rings is 1. The lowest BCUT2D eigenvalue weighted by molar-refractivity contribution is 0.0405. The van der Waals surface area contributed by atoms with E-state index in [2.05, 4.69) is 31.0 Å². The smallest absolute Gasteiger partial charge is 0.0218 e. The average Bonchev–Trinajstić information content (AvgIpc) is 2.16. The van der Waals surface area contributed by atoms with Crippen LogP contribution in [0.5, 0.6) is 0 Å². The van der Waals surface area contributed by atoms with Crippen molar-refractivity contribution in [2.24, 2.45) is 11.8 Å². The summed E-state index contributed by atoms with van der Waals surface area (Å²) >= 11 is 0. The van der Waals surface area contributed by atoms with E-state index in [0.29, 0.717) is 0 Å². The molecule has 0 spiro atoms. The van der Waals surface area contributed by atoms with Gasteiger partial charge >= 0.3 is 0 Å². The van der Waals surface area contributed by atoms with Crippen LogP contribution < -0.4 is 5.32 Å². The molecule has 1 saturated heterocycles.